The molecule has 2 heterocycles. The molecule has 0 saturated heterocycles. The third-order valence-electron chi connectivity index (χ3n) is 4.49. The number of aliphatic hydroxyl groups excluding tert-OH is 1. The second kappa shape index (κ2) is 7.23. The predicted octanol–water partition coefficient (Wildman–Crippen LogP) is 5.00. The maximum absolute atomic E-state index is 13.0. The van der Waals surface area contributed by atoms with Gasteiger partial charge in [-0.25, -0.2) is 0 Å². The van der Waals surface area contributed by atoms with E-state index in [9.17, 15) is 27.9 Å². The summed E-state index contributed by atoms with van der Waals surface area (Å²) in [6.07, 6.45) is -4.92. The fourth-order valence-corrected chi connectivity index (χ4v) is 3.21. The van der Waals surface area contributed by atoms with Crippen LogP contribution in [0.2, 0.25) is 0 Å². The number of rotatable bonds is 4. The molecule has 1 amide bonds. The number of halogens is 3. The van der Waals surface area contributed by atoms with Gasteiger partial charge in [0, 0.05) is 17.2 Å². The fourth-order valence-electron chi connectivity index (χ4n) is 3.21. The highest BCUT2D eigenvalue weighted by atomic mass is 19.4. The van der Waals surface area contributed by atoms with Gasteiger partial charge >= 0.3 is 6.36 Å². The molecule has 2 aromatic rings. The second-order valence-corrected chi connectivity index (χ2v) is 7.91. The highest BCUT2D eigenvalue weighted by Crippen LogP contribution is 2.44. The van der Waals surface area contributed by atoms with Crippen molar-refractivity contribution in [3.63, 3.8) is 0 Å². The van der Waals surface area contributed by atoms with E-state index < -0.39 is 41.0 Å². The number of ether oxygens (including phenoxy) is 1. The van der Waals surface area contributed by atoms with E-state index in [0.717, 1.165) is 17.0 Å². The van der Waals surface area contributed by atoms with Gasteiger partial charge in [0.05, 0.1) is 5.57 Å². The topological polar surface area (TPSA) is 80.0 Å². The van der Waals surface area contributed by atoms with Gasteiger partial charge in [-0.05, 0) is 31.2 Å². The van der Waals surface area contributed by atoms with Gasteiger partial charge in [0.15, 0.2) is 11.5 Å². The lowest BCUT2D eigenvalue weighted by atomic mass is 9.83. The average Bonchev–Trinajstić information content (AvgIpc) is 3.14. The van der Waals surface area contributed by atoms with E-state index in [1.54, 1.807) is 39.8 Å². The van der Waals surface area contributed by atoms with Crippen LogP contribution in [0.4, 0.5) is 18.9 Å². The first-order valence-corrected chi connectivity index (χ1v) is 9.03. The molecule has 0 saturated carbocycles. The van der Waals surface area contributed by atoms with Crippen molar-refractivity contribution in [1.82, 2.24) is 0 Å². The Hall–Kier alpha value is -3.23. The van der Waals surface area contributed by atoms with E-state index in [0.29, 0.717) is 5.76 Å². The van der Waals surface area contributed by atoms with Gasteiger partial charge in [0.25, 0.3) is 5.91 Å². The number of aliphatic hydroxyl groups is 1. The summed E-state index contributed by atoms with van der Waals surface area (Å²) in [6, 6.07) is 6.76. The summed E-state index contributed by atoms with van der Waals surface area (Å²) in [6.45, 7) is 6.55. The first kappa shape index (κ1) is 21.5. The van der Waals surface area contributed by atoms with Crippen molar-refractivity contribution in [2.45, 2.75) is 40.1 Å². The van der Waals surface area contributed by atoms with E-state index in [4.69, 9.17) is 4.42 Å². The monoisotopic (exact) mass is 423 g/mol. The summed E-state index contributed by atoms with van der Waals surface area (Å²) >= 11 is 0. The zero-order chi connectivity index (χ0) is 22.4. The maximum atomic E-state index is 13.0. The SMILES string of the molecule is Cc1ccc(C2C(C(=O)C(C)(C)C)=C(O)C(=O)N2c2cccc(OC(F)(F)F)c2)o1. The van der Waals surface area contributed by atoms with Gasteiger partial charge in [-0.1, -0.05) is 26.8 Å². The van der Waals surface area contributed by atoms with Crippen molar-refractivity contribution in [2.24, 2.45) is 5.41 Å². The van der Waals surface area contributed by atoms with E-state index in [1.165, 1.54) is 12.1 Å². The van der Waals surface area contributed by atoms with Crippen LogP contribution in [0.1, 0.15) is 38.3 Å². The lowest BCUT2D eigenvalue weighted by Crippen LogP contribution is -2.32. The summed E-state index contributed by atoms with van der Waals surface area (Å²) in [7, 11) is 0. The number of anilines is 1. The molecular formula is C21H20F3NO5. The highest BCUT2D eigenvalue weighted by molar-refractivity contribution is 6.17. The third-order valence-corrected chi connectivity index (χ3v) is 4.49. The molecule has 1 aliphatic heterocycles. The number of carbonyl (C=O) groups is 2. The predicted molar refractivity (Wildman–Crippen MR) is 101 cm³/mol. The molecule has 1 N–H and O–H groups in total. The molecule has 1 aliphatic rings. The molecule has 6 nitrogen and oxygen atoms in total. The van der Waals surface area contributed by atoms with Crippen molar-refractivity contribution >= 4 is 17.4 Å². The first-order valence-electron chi connectivity index (χ1n) is 9.03. The van der Waals surface area contributed by atoms with E-state index in [-0.39, 0.29) is 17.0 Å². The van der Waals surface area contributed by atoms with Crippen LogP contribution in [0.3, 0.4) is 0 Å². The number of amides is 1. The van der Waals surface area contributed by atoms with Gasteiger partial charge in [-0.2, -0.15) is 0 Å². The van der Waals surface area contributed by atoms with E-state index in [2.05, 4.69) is 4.74 Å². The van der Waals surface area contributed by atoms with Gasteiger partial charge < -0.3 is 14.3 Å². The maximum Gasteiger partial charge on any atom is 0.573 e. The number of nitrogens with zero attached hydrogens (tertiary/aromatic N) is 1. The molecule has 1 atom stereocenters. The van der Waals surface area contributed by atoms with Crippen LogP contribution in [-0.2, 0) is 9.59 Å². The lowest BCUT2D eigenvalue weighted by molar-refractivity contribution is -0.274. The minimum atomic E-state index is -4.92. The largest absolute Gasteiger partial charge is 0.573 e. The number of carbonyl (C=O) groups excluding carboxylic acids is 2. The van der Waals surface area contributed by atoms with Gasteiger partial charge in [-0.3, -0.25) is 14.5 Å². The molecule has 0 radical (unpaired) electrons. The molecule has 1 unspecified atom stereocenters. The molecular weight excluding hydrogens is 403 g/mol. The van der Waals surface area contributed by atoms with Gasteiger partial charge in [-0.15, -0.1) is 13.2 Å². The summed E-state index contributed by atoms with van der Waals surface area (Å²) < 4.78 is 47.4. The van der Waals surface area contributed by atoms with Crippen LogP contribution in [-0.4, -0.2) is 23.2 Å². The summed E-state index contributed by atoms with van der Waals surface area (Å²) in [5.74, 6) is -2.03. The molecule has 1 aromatic heterocycles. The van der Waals surface area contributed by atoms with Crippen molar-refractivity contribution in [2.75, 3.05) is 4.90 Å². The summed E-state index contributed by atoms with van der Waals surface area (Å²) in [5.41, 5.74) is -1.10. The highest BCUT2D eigenvalue weighted by Gasteiger charge is 2.48. The molecule has 9 heteroatoms. The Balaban J connectivity index is 2.14. The van der Waals surface area contributed by atoms with Crippen LogP contribution in [0.25, 0.3) is 0 Å². The Morgan fingerprint density at radius 1 is 1.17 bits per heavy atom. The lowest BCUT2D eigenvalue weighted by Gasteiger charge is -2.27. The number of Topliss-reactive ketones (excluding diaryl/α,β-unsaturated/α-hetero) is 1. The minimum absolute atomic E-state index is 0.00376. The van der Waals surface area contributed by atoms with Crippen LogP contribution in [0, 0.1) is 12.3 Å². The first-order chi connectivity index (χ1) is 13.8. The number of benzene rings is 1. The molecule has 0 fully saturated rings. The standard InChI is InChI=1S/C21H20F3NO5/c1-11-8-9-14(29-11)16-15(18(27)20(2,3)4)17(26)19(28)25(16)12-6-5-7-13(10-12)30-21(22,23)24/h5-10,16,26H,1-4H3. The molecule has 1 aromatic carbocycles. The number of furan rings is 1. The third kappa shape index (κ3) is 4.05. The van der Waals surface area contributed by atoms with Crippen molar-refractivity contribution in [3.05, 3.63) is 59.3 Å². The van der Waals surface area contributed by atoms with Crippen LogP contribution >= 0.6 is 0 Å². The van der Waals surface area contributed by atoms with Crippen molar-refractivity contribution in [1.29, 1.82) is 0 Å². The van der Waals surface area contributed by atoms with Crippen LogP contribution in [0.5, 0.6) is 5.75 Å². The Bertz CT molecular complexity index is 1030. The zero-order valence-corrected chi connectivity index (χ0v) is 16.7. The fraction of sp³-hybridized carbons (Fsp3) is 0.333. The van der Waals surface area contributed by atoms with E-state index >= 15 is 0 Å². The van der Waals surface area contributed by atoms with E-state index in [1.807, 2.05) is 0 Å². The number of hydrogen-bond acceptors (Lipinski definition) is 5. The molecule has 3 rings (SSSR count). The molecule has 30 heavy (non-hydrogen) atoms. The molecule has 0 aliphatic carbocycles. The van der Waals surface area contributed by atoms with Crippen LogP contribution in [0.15, 0.2) is 52.1 Å². The Morgan fingerprint density at radius 3 is 2.37 bits per heavy atom. The smallest absolute Gasteiger partial charge is 0.503 e. The average molecular weight is 423 g/mol. The number of aryl methyl sites for hydroxylation is 1. The van der Waals surface area contributed by atoms with Crippen LogP contribution < -0.4 is 9.64 Å². The number of alkyl halides is 3. The Morgan fingerprint density at radius 2 is 1.83 bits per heavy atom. The van der Waals surface area contributed by atoms with Crippen molar-refractivity contribution in [3.8, 4) is 5.75 Å². The summed E-state index contributed by atoms with van der Waals surface area (Å²) in [5, 5.41) is 10.5. The Labute approximate surface area is 170 Å². The molecule has 0 spiro atoms. The number of ketones is 1. The van der Waals surface area contributed by atoms with Gasteiger partial charge in [0.2, 0.25) is 0 Å². The normalized spacial score (nSPS) is 17.6. The summed E-state index contributed by atoms with van der Waals surface area (Å²) in [4.78, 5) is 27.0. The van der Waals surface area contributed by atoms with Crippen molar-refractivity contribution < 1.29 is 37.0 Å². The van der Waals surface area contributed by atoms with Gasteiger partial charge in [0.1, 0.15) is 23.3 Å². The molecule has 160 valence electrons. The second-order valence-electron chi connectivity index (χ2n) is 7.91. The zero-order valence-electron chi connectivity index (χ0n) is 16.7. The molecule has 0 bridgehead atoms. The minimum Gasteiger partial charge on any atom is -0.503 e. The quantitative estimate of drug-likeness (QED) is 0.749. The number of hydrogen-bond donors (Lipinski definition) is 1. The Kier molecular flexibility index (Phi) is 5.17.